The van der Waals surface area contributed by atoms with Crippen molar-refractivity contribution in [3.63, 3.8) is 0 Å². The average molecular weight is 344 g/mol. The molecular formula is C19H37NO4. The second-order valence-electron chi connectivity index (χ2n) is 6.11. The summed E-state index contributed by atoms with van der Waals surface area (Å²) >= 11 is 0. The summed E-state index contributed by atoms with van der Waals surface area (Å²) < 4.78 is 16.6. The van der Waals surface area contributed by atoms with Crippen molar-refractivity contribution in [2.75, 3.05) is 27.9 Å². The van der Waals surface area contributed by atoms with Gasteiger partial charge in [-0.3, -0.25) is 4.79 Å². The van der Waals surface area contributed by atoms with Crippen LogP contribution in [-0.4, -0.2) is 39.8 Å². The summed E-state index contributed by atoms with van der Waals surface area (Å²) in [6.07, 6.45) is 11.5. The van der Waals surface area contributed by atoms with Crippen LogP contribution in [0.5, 0.6) is 0 Å². The van der Waals surface area contributed by atoms with Crippen LogP contribution in [0.4, 0.5) is 0 Å². The Morgan fingerprint density at radius 3 is 2.08 bits per heavy atom. The maximum atomic E-state index is 11.2. The highest BCUT2D eigenvalue weighted by Crippen LogP contribution is 2.32. The molecule has 0 heterocycles. The molecule has 24 heavy (non-hydrogen) atoms. The Morgan fingerprint density at radius 1 is 1.00 bits per heavy atom. The van der Waals surface area contributed by atoms with E-state index in [9.17, 15) is 4.79 Å². The molecular weight excluding hydrogens is 306 g/mol. The molecule has 1 N–H and O–H groups in total. The van der Waals surface area contributed by atoms with E-state index >= 15 is 0 Å². The highest BCUT2D eigenvalue weighted by atomic mass is 16.9. The highest BCUT2D eigenvalue weighted by Gasteiger charge is 2.39. The minimum Gasteiger partial charge on any atom is -0.353 e. The second-order valence-corrected chi connectivity index (χ2v) is 6.11. The van der Waals surface area contributed by atoms with E-state index in [2.05, 4.69) is 18.8 Å². The van der Waals surface area contributed by atoms with Crippen LogP contribution in [0.3, 0.4) is 0 Å². The van der Waals surface area contributed by atoms with Crippen LogP contribution in [0.1, 0.15) is 64.7 Å². The van der Waals surface area contributed by atoms with Gasteiger partial charge in [0.25, 0.3) is 5.97 Å². The van der Waals surface area contributed by atoms with Crippen LogP contribution < -0.4 is 5.32 Å². The smallest absolute Gasteiger partial charge is 0.285 e. The first-order valence-electron chi connectivity index (χ1n) is 9.15. The molecule has 5 nitrogen and oxygen atoms in total. The number of hydrogen-bond acceptors (Lipinski definition) is 4. The molecule has 142 valence electrons. The fourth-order valence-corrected chi connectivity index (χ4v) is 3.05. The number of methoxy groups -OCH3 is 3. The highest BCUT2D eigenvalue weighted by molar-refractivity contribution is 5.86. The lowest BCUT2D eigenvalue weighted by Gasteiger charge is -2.36. The molecule has 0 fully saturated rings. The molecule has 0 aliphatic heterocycles. The molecule has 0 aromatic carbocycles. The van der Waals surface area contributed by atoms with Crippen molar-refractivity contribution >= 4 is 5.91 Å². The zero-order chi connectivity index (χ0) is 18.3. The standard InChI is InChI=1S/C19H37NO4/c1-6-8-9-10-11-12-14-17(19(22-3,23-4)24-5)15-13-16-20-18(21)7-2/h7,17H,2,6,8-16H2,1,3-5H3,(H,20,21). The quantitative estimate of drug-likeness (QED) is 0.261. The maximum absolute atomic E-state index is 11.2. The normalized spacial score (nSPS) is 12.8. The summed E-state index contributed by atoms with van der Waals surface area (Å²) in [4.78, 5) is 11.2. The van der Waals surface area contributed by atoms with E-state index in [1.165, 1.54) is 38.2 Å². The van der Waals surface area contributed by atoms with Gasteiger partial charge in [0, 0.05) is 33.8 Å². The van der Waals surface area contributed by atoms with Crippen LogP contribution in [0.15, 0.2) is 12.7 Å². The number of rotatable bonds is 16. The van der Waals surface area contributed by atoms with Crippen LogP contribution in [0.25, 0.3) is 0 Å². The van der Waals surface area contributed by atoms with Gasteiger partial charge in [0.1, 0.15) is 0 Å². The molecule has 1 unspecified atom stereocenters. The molecule has 0 saturated carbocycles. The molecule has 0 spiro atoms. The number of ether oxygens (including phenoxy) is 3. The van der Waals surface area contributed by atoms with Gasteiger partial charge in [0.05, 0.1) is 0 Å². The van der Waals surface area contributed by atoms with Crippen LogP contribution in [0.2, 0.25) is 0 Å². The molecule has 0 bridgehead atoms. The van der Waals surface area contributed by atoms with E-state index in [0.29, 0.717) is 6.54 Å². The third-order valence-electron chi connectivity index (χ3n) is 4.47. The Labute approximate surface area is 148 Å². The van der Waals surface area contributed by atoms with Crippen LogP contribution in [0, 0.1) is 5.92 Å². The fraction of sp³-hybridized carbons (Fsp3) is 0.842. The Bertz CT molecular complexity index is 321. The van der Waals surface area contributed by atoms with E-state index < -0.39 is 5.97 Å². The van der Waals surface area contributed by atoms with Gasteiger partial charge in [-0.1, -0.05) is 52.0 Å². The molecule has 0 aromatic heterocycles. The summed E-state index contributed by atoms with van der Waals surface area (Å²) in [7, 11) is 4.84. The van der Waals surface area contributed by atoms with Gasteiger partial charge in [-0.05, 0) is 25.3 Å². The van der Waals surface area contributed by atoms with Gasteiger partial charge >= 0.3 is 0 Å². The molecule has 0 saturated heterocycles. The lowest BCUT2D eigenvalue weighted by molar-refractivity contribution is -0.380. The van der Waals surface area contributed by atoms with Gasteiger partial charge < -0.3 is 19.5 Å². The number of carbonyl (C=O) groups excluding carboxylic acids is 1. The predicted octanol–water partition coefficient (Wildman–Crippen LogP) is 4.03. The third-order valence-corrected chi connectivity index (χ3v) is 4.47. The SMILES string of the molecule is C=CC(=O)NCCCC(CCCCCCCC)C(OC)(OC)OC. The molecule has 0 aliphatic carbocycles. The van der Waals surface area contributed by atoms with Crippen molar-refractivity contribution in [2.45, 2.75) is 70.7 Å². The van der Waals surface area contributed by atoms with E-state index in [4.69, 9.17) is 14.2 Å². The first kappa shape index (κ1) is 23.1. The molecule has 0 aliphatic rings. The molecule has 1 amide bonds. The zero-order valence-electron chi connectivity index (χ0n) is 16.1. The summed E-state index contributed by atoms with van der Waals surface area (Å²) in [6, 6.07) is 0. The minimum absolute atomic E-state index is 0.129. The second kappa shape index (κ2) is 14.4. The van der Waals surface area contributed by atoms with Crippen molar-refractivity contribution < 1.29 is 19.0 Å². The van der Waals surface area contributed by atoms with Gasteiger partial charge in [0.15, 0.2) is 0 Å². The zero-order valence-corrected chi connectivity index (χ0v) is 16.1. The summed E-state index contributed by atoms with van der Waals surface area (Å²) in [6.45, 7) is 6.30. The Kier molecular flexibility index (Phi) is 13.9. The van der Waals surface area contributed by atoms with Crippen LogP contribution in [-0.2, 0) is 19.0 Å². The largest absolute Gasteiger partial charge is 0.353 e. The van der Waals surface area contributed by atoms with Gasteiger partial charge in [0.2, 0.25) is 5.91 Å². The Balaban J connectivity index is 4.43. The Hall–Kier alpha value is -0.910. The van der Waals surface area contributed by atoms with E-state index in [1.807, 2.05) is 0 Å². The fourth-order valence-electron chi connectivity index (χ4n) is 3.05. The topological polar surface area (TPSA) is 56.8 Å². The molecule has 0 radical (unpaired) electrons. The Morgan fingerprint density at radius 2 is 1.54 bits per heavy atom. The number of unbranched alkanes of at least 4 members (excludes halogenated alkanes) is 5. The minimum atomic E-state index is -1.01. The first-order valence-corrected chi connectivity index (χ1v) is 9.15. The summed E-state index contributed by atoms with van der Waals surface area (Å²) in [5.74, 6) is -1.02. The van der Waals surface area contributed by atoms with Crippen molar-refractivity contribution in [1.29, 1.82) is 0 Å². The van der Waals surface area contributed by atoms with Crippen molar-refractivity contribution in [1.82, 2.24) is 5.32 Å². The number of hydrogen-bond donors (Lipinski definition) is 1. The monoisotopic (exact) mass is 343 g/mol. The molecule has 5 heteroatoms. The number of amides is 1. The lowest BCUT2D eigenvalue weighted by atomic mass is 9.93. The van der Waals surface area contributed by atoms with E-state index in [1.54, 1.807) is 21.3 Å². The van der Waals surface area contributed by atoms with Gasteiger partial charge in [-0.25, -0.2) is 0 Å². The predicted molar refractivity (Wildman–Crippen MR) is 97.7 cm³/mol. The number of carbonyl (C=O) groups is 1. The number of nitrogens with one attached hydrogen (secondary N) is 1. The summed E-state index contributed by atoms with van der Waals surface area (Å²) in [5.41, 5.74) is 0. The van der Waals surface area contributed by atoms with Crippen molar-refractivity contribution in [3.8, 4) is 0 Å². The molecule has 0 rings (SSSR count). The van der Waals surface area contributed by atoms with Crippen LogP contribution >= 0.6 is 0 Å². The van der Waals surface area contributed by atoms with E-state index in [0.717, 1.165) is 25.7 Å². The van der Waals surface area contributed by atoms with E-state index in [-0.39, 0.29) is 11.8 Å². The summed E-state index contributed by atoms with van der Waals surface area (Å²) in [5, 5.41) is 2.80. The third kappa shape index (κ3) is 8.81. The molecule has 1 atom stereocenters. The van der Waals surface area contributed by atoms with Gasteiger partial charge in [-0.2, -0.15) is 0 Å². The van der Waals surface area contributed by atoms with Crippen molar-refractivity contribution in [2.24, 2.45) is 5.92 Å². The first-order chi connectivity index (χ1) is 11.6. The average Bonchev–Trinajstić information content (AvgIpc) is 2.62. The molecule has 0 aromatic rings. The lowest BCUT2D eigenvalue weighted by Crippen LogP contribution is -2.44. The van der Waals surface area contributed by atoms with Crippen molar-refractivity contribution in [3.05, 3.63) is 12.7 Å². The van der Waals surface area contributed by atoms with Gasteiger partial charge in [-0.15, -0.1) is 0 Å². The maximum Gasteiger partial charge on any atom is 0.285 e.